The van der Waals surface area contributed by atoms with Crippen LogP contribution in [0, 0.1) is 6.92 Å². The first kappa shape index (κ1) is 14.8. The highest BCUT2D eigenvalue weighted by molar-refractivity contribution is 6.02. The van der Waals surface area contributed by atoms with E-state index in [1.54, 1.807) is 6.08 Å². The SMILES string of the molecule is C=CCc1ccccc1NC(=O)/C=C/c1ccc(C)cc1. The number of amides is 1. The molecular weight excluding hydrogens is 258 g/mol. The molecule has 0 bridgehead atoms. The number of carbonyl (C=O) groups is 1. The van der Waals surface area contributed by atoms with Crippen molar-refractivity contribution in [3.05, 3.63) is 84.0 Å². The molecule has 0 fully saturated rings. The van der Waals surface area contributed by atoms with Crippen LogP contribution in [0.5, 0.6) is 0 Å². The zero-order valence-electron chi connectivity index (χ0n) is 12.2. The lowest BCUT2D eigenvalue weighted by atomic mass is 10.1. The van der Waals surface area contributed by atoms with Gasteiger partial charge >= 0.3 is 0 Å². The Bertz CT molecular complexity index is 654. The van der Waals surface area contributed by atoms with Gasteiger partial charge in [-0.15, -0.1) is 6.58 Å². The molecule has 1 amide bonds. The van der Waals surface area contributed by atoms with Crippen molar-refractivity contribution in [1.82, 2.24) is 0 Å². The normalized spacial score (nSPS) is 10.5. The van der Waals surface area contributed by atoms with Crippen LogP contribution in [0.15, 0.2) is 67.3 Å². The van der Waals surface area contributed by atoms with Gasteiger partial charge in [0.2, 0.25) is 5.91 Å². The van der Waals surface area contributed by atoms with Gasteiger partial charge < -0.3 is 5.32 Å². The summed E-state index contributed by atoms with van der Waals surface area (Å²) in [7, 11) is 0. The van der Waals surface area contributed by atoms with E-state index in [9.17, 15) is 4.79 Å². The molecule has 0 aromatic heterocycles. The first-order chi connectivity index (χ1) is 10.2. The summed E-state index contributed by atoms with van der Waals surface area (Å²) in [6.07, 6.45) is 5.92. The van der Waals surface area contributed by atoms with Crippen molar-refractivity contribution in [3.63, 3.8) is 0 Å². The number of hydrogen-bond donors (Lipinski definition) is 1. The summed E-state index contributed by atoms with van der Waals surface area (Å²) >= 11 is 0. The lowest BCUT2D eigenvalue weighted by molar-refractivity contribution is -0.111. The number of allylic oxidation sites excluding steroid dienone is 1. The molecular formula is C19H19NO. The van der Waals surface area contributed by atoms with E-state index in [2.05, 4.69) is 11.9 Å². The molecule has 106 valence electrons. The topological polar surface area (TPSA) is 29.1 Å². The summed E-state index contributed by atoms with van der Waals surface area (Å²) in [6.45, 7) is 5.77. The predicted octanol–water partition coefficient (Wildman–Crippen LogP) is 4.38. The summed E-state index contributed by atoms with van der Waals surface area (Å²) in [5, 5.41) is 2.90. The van der Waals surface area contributed by atoms with Crippen LogP contribution in [0.3, 0.4) is 0 Å². The van der Waals surface area contributed by atoms with E-state index in [1.165, 1.54) is 5.56 Å². The Morgan fingerprint density at radius 2 is 1.86 bits per heavy atom. The average Bonchev–Trinajstić information content (AvgIpc) is 2.49. The van der Waals surface area contributed by atoms with Gasteiger partial charge in [0.1, 0.15) is 0 Å². The number of benzene rings is 2. The lowest BCUT2D eigenvalue weighted by Crippen LogP contribution is -2.09. The summed E-state index contributed by atoms with van der Waals surface area (Å²) in [6, 6.07) is 15.8. The fourth-order valence-corrected chi connectivity index (χ4v) is 2.00. The van der Waals surface area contributed by atoms with E-state index >= 15 is 0 Å². The minimum atomic E-state index is -0.132. The lowest BCUT2D eigenvalue weighted by Gasteiger charge is -2.07. The molecule has 0 atom stereocenters. The highest BCUT2D eigenvalue weighted by Gasteiger charge is 2.02. The molecule has 2 aromatic carbocycles. The van der Waals surface area contributed by atoms with Crippen LogP contribution in [-0.2, 0) is 11.2 Å². The van der Waals surface area contributed by atoms with Crippen molar-refractivity contribution in [2.75, 3.05) is 5.32 Å². The van der Waals surface area contributed by atoms with E-state index < -0.39 is 0 Å². The highest BCUT2D eigenvalue weighted by atomic mass is 16.1. The van der Waals surface area contributed by atoms with E-state index in [1.807, 2.05) is 67.6 Å². The Morgan fingerprint density at radius 3 is 2.57 bits per heavy atom. The monoisotopic (exact) mass is 277 g/mol. The average molecular weight is 277 g/mol. The van der Waals surface area contributed by atoms with Crippen molar-refractivity contribution in [3.8, 4) is 0 Å². The largest absolute Gasteiger partial charge is 0.322 e. The van der Waals surface area contributed by atoms with Gasteiger partial charge in [0, 0.05) is 11.8 Å². The van der Waals surface area contributed by atoms with Crippen molar-refractivity contribution in [2.24, 2.45) is 0 Å². The molecule has 21 heavy (non-hydrogen) atoms. The Kier molecular flexibility index (Phi) is 5.10. The summed E-state index contributed by atoms with van der Waals surface area (Å²) in [5.74, 6) is -0.132. The van der Waals surface area contributed by atoms with Crippen molar-refractivity contribution >= 4 is 17.7 Å². The maximum atomic E-state index is 12.0. The van der Waals surface area contributed by atoms with E-state index in [4.69, 9.17) is 0 Å². The van der Waals surface area contributed by atoms with Gasteiger partial charge in [0.15, 0.2) is 0 Å². The number of nitrogens with one attached hydrogen (secondary N) is 1. The molecule has 2 nitrogen and oxygen atoms in total. The molecule has 2 rings (SSSR count). The van der Waals surface area contributed by atoms with E-state index in [-0.39, 0.29) is 5.91 Å². The predicted molar refractivity (Wildman–Crippen MR) is 89.2 cm³/mol. The quantitative estimate of drug-likeness (QED) is 0.638. The van der Waals surface area contributed by atoms with Crippen LogP contribution in [0.4, 0.5) is 5.69 Å². The Balaban J connectivity index is 2.04. The molecule has 0 aliphatic carbocycles. The van der Waals surface area contributed by atoms with Gasteiger partial charge in [-0.2, -0.15) is 0 Å². The summed E-state index contributed by atoms with van der Waals surface area (Å²) in [5.41, 5.74) is 4.10. The molecule has 0 unspecified atom stereocenters. The smallest absolute Gasteiger partial charge is 0.248 e. The van der Waals surface area contributed by atoms with Gasteiger partial charge in [0.05, 0.1) is 0 Å². The third kappa shape index (κ3) is 4.46. The number of hydrogen-bond acceptors (Lipinski definition) is 1. The Hall–Kier alpha value is -2.61. The molecule has 2 aromatic rings. The number of anilines is 1. The van der Waals surface area contributed by atoms with Gasteiger partial charge in [-0.05, 0) is 36.6 Å². The number of aryl methyl sites for hydroxylation is 1. The minimum absolute atomic E-state index is 0.132. The highest BCUT2D eigenvalue weighted by Crippen LogP contribution is 2.16. The van der Waals surface area contributed by atoms with Crippen LogP contribution in [0.25, 0.3) is 6.08 Å². The molecule has 2 heteroatoms. The van der Waals surface area contributed by atoms with Crippen molar-refractivity contribution < 1.29 is 4.79 Å². The molecule has 0 saturated heterocycles. The van der Waals surface area contributed by atoms with Gasteiger partial charge in [0.25, 0.3) is 0 Å². The van der Waals surface area contributed by atoms with Crippen LogP contribution in [-0.4, -0.2) is 5.91 Å². The van der Waals surface area contributed by atoms with Gasteiger partial charge in [-0.3, -0.25) is 4.79 Å². The fourth-order valence-electron chi connectivity index (χ4n) is 2.00. The van der Waals surface area contributed by atoms with E-state index in [0.29, 0.717) is 0 Å². The minimum Gasteiger partial charge on any atom is -0.322 e. The van der Waals surface area contributed by atoms with Crippen molar-refractivity contribution in [2.45, 2.75) is 13.3 Å². The van der Waals surface area contributed by atoms with Crippen LogP contribution in [0.1, 0.15) is 16.7 Å². The number of para-hydroxylation sites is 1. The van der Waals surface area contributed by atoms with Gasteiger partial charge in [-0.25, -0.2) is 0 Å². The standard InChI is InChI=1S/C19H19NO/c1-3-6-17-7-4-5-8-18(17)20-19(21)14-13-16-11-9-15(2)10-12-16/h3-5,7-14H,1,6H2,2H3,(H,20,21)/b14-13+. The zero-order valence-corrected chi connectivity index (χ0v) is 12.2. The van der Waals surface area contributed by atoms with Crippen LogP contribution < -0.4 is 5.32 Å². The number of rotatable bonds is 5. The third-order valence-corrected chi connectivity index (χ3v) is 3.14. The maximum Gasteiger partial charge on any atom is 0.248 e. The fraction of sp³-hybridized carbons (Fsp3) is 0.105. The third-order valence-electron chi connectivity index (χ3n) is 3.14. The molecule has 0 spiro atoms. The molecule has 0 aliphatic rings. The van der Waals surface area contributed by atoms with E-state index in [0.717, 1.165) is 23.2 Å². The Labute approximate surface area is 125 Å². The summed E-state index contributed by atoms with van der Waals surface area (Å²) < 4.78 is 0. The molecule has 0 radical (unpaired) electrons. The molecule has 1 N–H and O–H groups in total. The zero-order chi connectivity index (χ0) is 15.1. The van der Waals surface area contributed by atoms with Crippen LogP contribution >= 0.6 is 0 Å². The Morgan fingerprint density at radius 1 is 1.14 bits per heavy atom. The number of carbonyl (C=O) groups excluding carboxylic acids is 1. The molecule has 0 heterocycles. The summed E-state index contributed by atoms with van der Waals surface area (Å²) in [4.78, 5) is 12.0. The first-order valence-corrected chi connectivity index (χ1v) is 6.93. The van der Waals surface area contributed by atoms with Crippen LogP contribution in [0.2, 0.25) is 0 Å². The molecule has 0 aliphatic heterocycles. The second-order valence-corrected chi connectivity index (χ2v) is 4.88. The molecule has 0 saturated carbocycles. The first-order valence-electron chi connectivity index (χ1n) is 6.93. The second-order valence-electron chi connectivity index (χ2n) is 4.88. The second kappa shape index (κ2) is 7.25. The van der Waals surface area contributed by atoms with Gasteiger partial charge in [-0.1, -0.05) is 54.1 Å². The van der Waals surface area contributed by atoms with Crippen molar-refractivity contribution in [1.29, 1.82) is 0 Å². The maximum absolute atomic E-state index is 12.0.